The Balaban J connectivity index is 2.11. The first-order chi connectivity index (χ1) is 7.66. The van der Waals surface area contributed by atoms with Crippen LogP contribution in [0.4, 0.5) is 4.39 Å². The summed E-state index contributed by atoms with van der Waals surface area (Å²) in [5.74, 6) is 0.664. The number of halogens is 1. The van der Waals surface area contributed by atoms with Crippen LogP contribution in [0.25, 0.3) is 0 Å². The fourth-order valence-electron chi connectivity index (χ4n) is 2.48. The zero-order valence-corrected chi connectivity index (χ0v) is 10.1. The molecule has 88 valence electrons. The van der Waals surface area contributed by atoms with Gasteiger partial charge >= 0.3 is 0 Å². The van der Waals surface area contributed by atoms with Gasteiger partial charge in [0, 0.05) is 0 Å². The van der Waals surface area contributed by atoms with Gasteiger partial charge in [-0.2, -0.15) is 0 Å². The highest BCUT2D eigenvalue weighted by atomic mass is 19.1. The molecule has 1 aliphatic rings. The lowest BCUT2D eigenvalue weighted by Crippen LogP contribution is -2.28. The Morgan fingerprint density at radius 3 is 2.56 bits per heavy atom. The molecular formula is C14H20FN. The van der Waals surface area contributed by atoms with Crippen LogP contribution in [0.3, 0.4) is 0 Å². The molecule has 0 bridgehead atoms. The summed E-state index contributed by atoms with van der Waals surface area (Å²) in [7, 11) is 0. The summed E-state index contributed by atoms with van der Waals surface area (Å²) in [5, 5.41) is 3.36. The van der Waals surface area contributed by atoms with Crippen molar-refractivity contribution in [2.45, 2.75) is 33.1 Å². The molecule has 2 heteroatoms. The second kappa shape index (κ2) is 4.96. The Labute approximate surface area is 97.1 Å². The summed E-state index contributed by atoms with van der Waals surface area (Å²) < 4.78 is 13.5. The summed E-state index contributed by atoms with van der Waals surface area (Å²) in [6, 6.07) is 3.69. The van der Waals surface area contributed by atoms with E-state index in [0.29, 0.717) is 0 Å². The Bertz CT molecular complexity index is 367. The maximum absolute atomic E-state index is 13.5. The monoisotopic (exact) mass is 221 g/mol. The summed E-state index contributed by atoms with van der Waals surface area (Å²) in [6.45, 7) is 6.13. The predicted octanol–water partition coefficient (Wildman–Crippen LogP) is 2.98. The fourth-order valence-corrected chi connectivity index (χ4v) is 2.48. The summed E-state index contributed by atoms with van der Waals surface area (Å²) >= 11 is 0. The second-order valence-electron chi connectivity index (χ2n) is 4.93. The molecule has 1 N–H and O–H groups in total. The molecule has 0 saturated carbocycles. The molecule has 1 saturated heterocycles. The van der Waals surface area contributed by atoms with Gasteiger partial charge in [-0.05, 0) is 74.9 Å². The SMILES string of the molecule is Cc1cc(C)c(CC2CCNCC2)cc1F. The number of hydrogen-bond acceptors (Lipinski definition) is 1. The standard InChI is InChI=1S/C14H20FN/c1-10-7-11(2)14(15)9-13(10)8-12-3-5-16-6-4-12/h7,9,12,16H,3-6,8H2,1-2H3. The highest BCUT2D eigenvalue weighted by molar-refractivity contribution is 5.32. The lowest BCUT2D eigenvalue weighted by atomic mass is 9.89. The molecule has 0 radical (unpaired) electrons. The van der Waals surface area contributed by atoms with Crippen LogP contribution >= 0.6 is 0 Å². The van der Waals surface area contributed by atoms with Gasteiger partial charge in [0.15, 0.2) is 0 Å². The maximum atomic E-state index is 13.5. The van der Waals surface area contributed by atoms with E-state index in [9.17, 15) is 4.39 Å². The van der Waals surface area contributed by atoms with Gasteiger partial charge in [-0.1, -0.05) is 6.07 Å². The predicted molar refractivity (Wildman–Crippen MR) is 65.2 cm³/mol. The molecule has 16 heavy (non-hydrogen) atoms. The minimum absolute atomic E-state index is 0.0606. The van der Waals surface area contributed by atoms with Crippen molar-refractivity contribution in [2.75, 3.05) is 13.1 Å². The lowest BCUT2D eigenvalue weighted by Gasteiger charge is -2.23. The molecular weight excluding hydrogens is 201 g/mol. The topological polar surface area (TPSA) is 12.0 Å². The van der Waals surface area contributed by atoms with Crippen molar-refractivity contribution in [3.05, 3.63) is 34.6 Å². The van der Waals surface area contributed by atoms with Crippen LogP contribution < -0.4 is 5.32 Å². The normalized spacial score (nSPS) is 17.7. The van der Waals surface area contributed by atoms with Crippen molar-refractivity contribution in [3.63, 3.8) is 0 Å². The Kier molecular flexibility index (Phi) is 3.59. The van der Waals surface area contributed by atoms with Gasteiger partial charge in [0.2, 0.25) is 0 Å². The van der Waals surface area contributed by atoms with E-state index >= 15 is 0 Å². The third-order valence-electron chi connectivity index (χ3n) is 3.58. The number of piperidine rings is 1. The molecule has 0 aromatic heterocycles. The van der Waals surface area contributed by atoms with Crippen molar-refractivity contribution < 1.29 is 4.39 Å². The molecule has 1 heterocycles. The van der Waals surface area contributed by atoms with E-state index in [1.165, 1.54) is 24.0 Å². The summed E-state index contributed by atoms with van der Waals surface area (Å²) in [4.78, 5) is 0. The van der Waals surface area contributed by atoms with Gasteiger partial charge < -0.3 is 5.32 Å². The van der Waals surface area contributed by atoms with Crippen LogP contribution in [0.15, 0.2) is 12.1 Å². The molecule has 0 amide bonds. The molecule has 0 spiro atoms. The minimum Gasteiger partial charge on any atom is -0.317 e. The Morgan fingerprint density at radius 2 is 1.88 bits per heavy atom. The van der Waals surface area contributed by atoms with E-state index in [0.717, 1.165) is 31.0 Å². The quantitative estimate of drug-likeness (QED) is 0.809. The van der Waals surface area contributed by atoms with E-state index in [1.54, 1.807) is 6.07 Å². The van der Waals surface area contributed by atoms with E-state index in [4.69, 9.17) is 0 Å². The van der Waals surface area contributed by atoms with Crippen LogP contribution in [0.2, 0.25) is 0 Å². The van der Waals surface area contributed by atoms with Gasteiger partial charge in [0.05, 0.1) is 0 Å². The lowest BCUT2D eigenvalue weighted by molar-refractivity contribution is 0.372. The average molecular weight is 221 g/mol. The summed E-state index contributed by atoms with van der Waals surface area (Å²) in [6.07, 6.45) is 3.47. The van der Waals surface area contributed by atoms with Crippen molar-refractivity contribution >= 4 is 0 Å². The first-order valence-electron chi connectivity index (χ1n) is 6.13. The molecule has 1 nitrogen and oxygen atoms in total. The van der Waals surface area contributed by atoms with Gasteiger partial charge in [-0.3, -0.25) is 0 Å². The van der Waals surface area contributed by atoms with Crippen LogP contribution in [0, 0.1) is 25.6 Å². The van der Waals surface area contributed by atoms with Gasteiger partial charge in [-0.25, -0.2) is 4.39 Å². The first kappa shape index (κ1) is 11.6. The van der Waals surface area contributed by atoms with Crippen LogP contribution in [-0.2, 0) is 6.42 Å². The highest BCUT2D eigenvalue weighted by Crippen LogP contribution is 2.22. The molecule has 1 fully saturated rings. The smallest absolute Gasteiger partial charge is 0.126 e. The molecule has 1 aliphatic heterocycles. The van der Waals surface area contributed by atoms with E-state index in [-0.39, 0.29) is 5.82 Å². The third-order valence-corrected chi connectivity index (χ3v) is 3.58. The Morgan fingerprint density at radius 1 is 1.19 bits per heavy atom. The number of benzene rings is 1. The van der Waals surface area contributed by atoms with E-state index in [2.05, 4.69) is 12.2 Å². The molecule has 2 rings (SSSR count). The van der Waals surface area contributed by atoms with E-state index in [1.807, 2.05) is 13.0 Å². The molecule has 0 aliphatic carbocycles. The maximum Gasteiger partial charge on any atom is 0.126 e. The number of nitrogens with one attached hydrogen (secondary N) is 1. The average Bonchev–Trinajstić information content (AvgIpc) is 2.27. The van der Waals surface area contributed by atoms with Gasteiger partial charge in [-0.15, -0.1) is 0 Å². The van der Waals surface area contributed by atoms with Crippen molar-refractivity contribution in [1.29, 1.82) is 0 Å². The molecule has 1 aromatic rings. The van der Waals surface area contributed by atoms with E-state index < -0.39 is 0 Å². The van der Waals surface area contributed by atoms with Gasteiger partial charge in [0.1, 0.15) is 5.82 Å². The van der Waals surface area contributed by atoms with Crippen LogP contribution in [-0.4, -0.2) is 13.1 Å². The first-order valence-corrected chi connectivity index (χ1v) is 6.13. The highest BCUT2D eigenvalue weighted by Gasteiger charge is 2.15. The zero-order valence-electron chi connectivity index (χ0n) is 10.1. The number of aryl methyl sites for hydroxylation is 2. The van der Waals surface area contributed by atoms with Crippen molar-refractivity contribution in [3.8, 4) is 0 Å². The van der Waals surface area contributed by atoms with Crippen molar-refractivity contribution in [2.24, 2.45) is 5.92 Å². The summed E-state index contributed by atoms with van der Waals surface area (Å²) in [5.41, 5.74) is 3.18. The minimum atomic E-state index is -0.0606. The number of rotatable bonds is 2. The Hall–Kier alpha value is -0.890. The fraction of sp³-hybridized carbons (Fsp3) is 0.571. The third kappa shape index (κ3) is 2.62. The van der Waals surface area contributed by atoms with Gasteiger partial charge in [0.25, 0.3) is 0 Å². The largest absolute Gasteiger partial charge is 0.317 e. The van der Waals surface area contributed by atoms with Crippen LogP contribution in [0.5, 0.6) is 0 Å². The molecule has 0 atom stereocenters. The number of hydrogen-bond donors (Lipinski definition) is 1. The molecule has 1 aromatic carbocycles. The molecule has 0 unspecified atom stereocenters. The van der Waals surface area contributed by atoms with Crippen molar-refractivity contribution in [1.82, 2.24) is 5.32 Å². The second-order valence-corrected chi connectivity index (χ2v) is 4.93. The van der Waals surface area contributed by atoms with Crippen LogP contribution in [0.1, 0.15) is 29.5 Å². The zero-order chi connectivity index (χ0) is 11.5.